The molecule has 0 amide bonds. The molecule has 0 spiro atoms. The van der Waals surface area contributed by atoms with Gasteiger partial charge in [-0.25, -0.2) is 9.97 Å². The van der Waals surface area contributed by atoms with Crippen molar-refractivity contribution in [3.05, 3.63) is 51.6 Å². The summed E-state index contributed by atoms with van der Waals surface area (Å²) >= 11 is 7.55. The molecule has 0 bridgehead atoms. The molecule has 0 unspecified atom stereocenters. The molecule has 3 aromatic rings. The zero-order chi connectivity index (χ0) is 14.8. The van der Waals surface area contributed by atoms with Crippen LogP contribution < -0.4 is 5.32 Å². The second-order valence-electron chi connectivity index (χ2n) is 4.58. The van der Waals surface area contributed by atoms with E-state index in [1.807, 2.05) is 31.2 Å². The number of halogens is 1. The van der Waals surface area contributed by atoms with Gasteiger partial charge in [0.15, 0.2) is 0 Å². The monoisotopic (exact) mass is 314 g/mol. The molecular weight excluding hydrogens is 304 g/mol. The Kier molecular flexibility index (Phi) is 3.74. The van der Waals surface area contributed by atoms with Crippen LogP contribution in [0.2, 0.25) is 5.28 Å². The molecule has 0 fully saturated rings. The largest absolute Gasteiger partial charge is 0.365 e. The number of aryl methyl sites for hydroxylation is 1. The van der Waals surface area contributed by atoms with E-state index in [1.54, 1.807) is 17.4 Å². The number of aromatic nitrogens is 2. The van der Waals surface area contributed by atoms with Crippen LogP contribution in [0, 0.1) is 18.3 Å². The fraction of sp³-hybridized carbons (Fsp3) is 0.133. The van der Waals surface area contributed by atoms with Gasteiger partial charge in [-0.15, -0.1) is 11.3 Å². The number of hydrogen-bond acceptors (Lipinski definition) is 5. The number of benzene rings is 1. The quantitative estimate of drug-likeness (QED) is 0.738. The molecular formula is C15H11ClN4S. The fourth-order valence-corrected chi connectivity index (χ4v) is 3.19. The van der Waals surface area contributed by atoms with Gasteiger partial charge in [0.25, 0.3) is 0 Å². The van der Waals surface area contributed by atoms with Crippen LogP contribution in [0.1, 0.15) is 16.0 Å². The van der Waals surface area contributed by atoms with E-state index in [4.69, 9.17) is 16.9 Å². The predicted molar refractivity (Wildman–Crippen MR) is 85.6 cm³/mol. The molecule has 0 aliphatic carbocycles. The van der Waals surface area contributed by atoms with Crippen molar-refractivity contribution >= 4 is 39.0 Å². The third-order valence-corrected chi connectivity index (χ3v) is 4.12. The van der Waals surface area contributed by atoms with Crippen LogP contribution >= 0.6 is 22.9 Å². The lowest BCUT2D eigenvalue weighted by molar-refractivity contribution is 1.10. The number of nitrogens with zero attached hydrogens (tertiary/aromatic N) is 3. The van der Waals surface area contributed by atoms with Crippen molar-refractivity contribution < 1.29 is 0 Å². The van der Waals surface area contributed by atoms with Crippen LogP contribution in [0.4, 0.5) is 5.82 Å². The smallest absolute Gasteiger partial charge is 0.225 e. The summed E-state index contributed by atoms with van der Waals surface area (Å²) in [5.41, 5.74) is 1.66. The first-order valence-electron chi connectivity index (χ1n) is 6.32. The van der Waals surface area contributed by atoms with Crippen LogP contribution in [0.15, 0.2) is 30.3 Å². The van der Waals surface area contributed by atoms with Gasteiger partial charge in [0.1, 0.15) is 10.6 Å². The summed E-state index contributed by atoms with van der Waals surface area (Å²) in [6, 6.07) is 11.6. The molecule has 0 aliphatic rings. The topological polar surface area (TPSA) is 61.6 Å². The van der Waals surface area contributed by atoms with Crippen LogP contribution in [0.25, 0.3) is 10.2 Å². The highest BCUT2D eigenvalue weighted by atomic mass is 35.5. The maximum atomic E-state index is 8.92. The Balaban J connectivity index is 1.89. The minimum atomic E-state index is 0.234. The number of anilines is 1. The van der Waals surface area contributed by atoms with Gasteiger partial charge in [0.2, 0.25) is 5.28 Å². The normalized spacial score (nSPS) is 10.5. The average Bonchev–Trinajstić information content (AvgIpc) is 2.85. The predicted octanol–water partition coefficient (Wildman–Crippen LogP) is 4.14. The maximum Gasteiger partial charge on any atom is 0.225 e. The summed E-state index contributed by atoms with van der Waals surface area (Å²) < 4.78 is 0. The van der Waals surface area contributed by atoms with Crippen LogP contribution in [0.5, 0.6) is 0 Å². The van der Waals surface area contributed by atoms with Crippen LogP contribution in [-0.2, 0) is 6.54 Å². The number of thiophene rings is 1. The maximum absolute atomic E-state index is 8.92. The van der Waals surface area contributed by atoms with Crippen molar-refractivity contribution in [2.24, 2.45) is 0 Å². The molecule has 6 heteroatoms. The highest BCUT2D eigenvalue weighted by Crippen LogP contribution is 2.29. The summed E-state index contributed by atoms with van der Waals surface area (Å²) in [4.78, 5) is 10.5. The fourth-order valence-electron chi connectivity index (χ4n) is 2.09. The van der Waals surface area contributed by atoms with Crippen molar-refractivity contribution in [1.29, 1.82) is 5.26 Å². The lowest BCUT2D eigenvalue weighted by atomic mass is 10.1. The third-order valence-electron chi connectivity index (χ3n) is 3.00. The van der Waals surface area contributed by atoms with E-state index in [1.165, 1.54) is 0 Å². The molecule has 104 valence electrons. The molecule has 1 aromatic carbocycles. The van der Waals surface area contributed by atoms with Gasteiger partial charge in [-0.2, -0.15) is 5.26 Å². The Labute approximate surface area is 131 Å². The molecule has 2 aromatic heterocycles. The Bertz CT molecular complexity index is 850. The van der Waals surface area contributed by atoms with E-state index >= 15 is 0 Å². The SMILES string of the molecule is Cc1cc2c(NCc3cccc(C#N)c3)nc(Cl)nc2s1. The van der Waals surface area contributed by atoms with Gasteiger partial charge in [-0.3, -0.25) is 0 Å². The van der Waals surface area contributed by atoms with Crippen LogP contribution in [0.3, 0.4) is 0 Å². The van der Waals surface area contributed by atoms with E-state index in [0.29, 0.717) is 12.1 Å². The van der Waals surface area contributed by atoms with Gasteiger partial charge in [-0.05, 0) is 42.3 Å². The molecule has 21 heavy (non-hydrogen) atoms. The minimum Gasteiger partial charge on any atom is -0.365 e. The molecule has 3 rings (SSSR count). The minimum absolute atomic E-state index is 0.234. The van der Waals surface area contributed by atoms with Gasteiger partial charge >= 0.3 is 0 Å². The summed E-state index contributed by atoms with van der Waals surface area (Å²) in [5, 5.41) is 13.4. The number of rotatable bonds is 3. The molecule has 0 radical (unpaired) electrons. The molecule has 4 nitrogen and oxygen atoms in total. The molecule has 0 saturated heterocycles. The second-order valence-corrected chi connectivity index (χ2v) is 6.16. The highest BCUT2D eigenvalue weighted by molar-refractivity contribution is 7.18. The second kappa shape index (κ2) is 5.68. The Morgan fingerprint density at radius 3 is 3.00 bits per heavy atom. The van der Waals surface area contributed by atoms with E-state index in [-0.39, 0.29) is 5.28 Å². The van der Waals surface area contributed by atoms with Crippen molar-refractivity contribution in [2.75, 3.05) is 5.32 Å². The Morgan fingerprint density at radius 1 is 1.33 bits per heavy atom. The summed E-state index contributed by atoms with van der Waals surface area (Å²) in [6.45, 7) is 2.60. The van der Waals surface area contributed by atoms with E-state index in [0.717, 1.165) is 26.5 Å². The van der Waals surface area contributed by atoms with Crippen molar-refractivity contribution in [3.8, 4) is 6.07 Å². The van der Waals surface area contributed by atoms with Crippen molar-refractivity contribution in [2.45, 2.75) is 13.5 Å². The summed E-state index contributed by atoms with van der Waals surface area (Å²) in [7, 11) is 0. The first kappa shape index (κ1) is 13.8. The number of nitrogens with one attached hydrogen (secondary N) is 1. The highest BCUT2D eigenvalue weighted by Gasteiger charge is 2.09. The zero-order valence-corrected chi connectivity index (χ0v) is 12.8. The standard InChI is InChI=1S/C15H11ClN4S/c1-9-5-12-13(19-15(16)20-14(12)21-9)18-8-11-4-2-3-10(6-11)7-17/h2-6H,8H2,1H3,(H,18,19,20). The molecule has 1 N–H and O–H groups in total. The average molecular weight is 315 g/mol. The van der Waals surface area contributed by atoms with Crippen molar-refractivity contribution in [1.82, 2.24) is 9.97 Å². The van der Waals surface area contributed by atoms with E-state index < -0.39 is 0 Å². The first-order valence-corrected chi connectivity index (χ1v) is 7.52. The Hall–Kier alpha value is -2.16. The molecule has 0 atom stereocenters. The van der Waals surface area contributed by atoms with Crippen molar-refractivity contribution in [3.63, 3.8) is 0 Å². The van der Waals surface area contributed by atoms with Gasteiger partial charge < -0.3 is 5.32 Å². The first-order chi connectivity index (χ1) is 10.2. The van der Waals surface area contributed by atoms with Gasteiger partial charge in [0, 0.05) is 11.4 Å². The number of hydrogen-bond donors (Lipinski definition) is 1. The van der Waals surface area contributed by atoms with Crippen LogP contribution in [-0.4, -0.2) is 9.97 Å². The number of nitriles is 1. The Morgan fingerprint density at radius 2 is 2.19 bits per heavy atom. The van der Waals surface area contributed by atoms with E-state index in [2.05, 4.69) is 21.4 Å². The molecule has 0 aliphatic heterocycles. The summed E-state index contributed by atoms with van der Waals surface area (Å²) in [6.07, 6.45) is 0. The third kappa shape index (κ3) is 2.97. The summed E-state index contributed by atoms with van der Waals surface area (Å²) in [5.74, 6) is 0.719. The molecule has 0 saturated carbocycles. The number of fused-ring (bicyclic) bond motifs is 1. The van der Waals surface area contributed by atoms with Gasteiger partial charge in [-0.1, -0.05) is 12.1 Å². The molecule has 2 heterocycles. The zero-order valence-electron chi connectivity index (χ0n) is 11.2. The van der Waals surface area contributed by atoms with Gasteiger partial charge in [0.05, 0.1) is 17.0 Å². The lowest BCUT2D eigenvalue weighted by Gasteiger charge is -2.07. The lowest BCUT2D eigenvalue weighted by Crippen LogP contribution is -2.02. The van der Waals surface area contributed by atoms with E-state index in [9.17, 15) is 0 Å².